The summed E-state index contributed by atoms with van der Waals surface area (Å²) >= 11 is 0. The molecule has 2 aromatic heterocycles. The molecule has 2 N–H and O–H groups in total. The second kappa shape index (κ2) is 6.34. The number of carbonyl (C=O) groups is 1. The van der Waals surface area contributed by atoms with E-state index in [0.717, 1.165) is 12.0 Å². The van der Waals surface area contributed by atoms with Gasteiger partial charge in [-0.2, -0.15) is 5.10 Å². The number of halogens is 1. The van der Waals surface area contributed by atoms with Crippen molar-refractivity contribution in [3.8, 4) is 0 Å². The van der Waals surface area contributed by atoms with Crippen molar-refractivity contribution in [3.63, 3.8) is 0 Å². The number of hydrogen-bond acceptors (Lipinski definition) is 3. The van der Waals surface area contributed by atoms with Gasteiger partial charge in [-0.3, -0.25) is 14.9 Å². The van der Waals surface area contributed by atoms with Gasteiger partial charge in [0, 0.05) is 24.3 Å². The Kier molecular flexibility index (Phi) is 4.09. The summed E-state index contributed by atoms with van der Waals surface area (Å²) in [6, 6.07) is 8.15. The van der Waals surface area contributed by atoms with Crippen LogP contribution in [0.4, 0.5) is 4.39 Å². The van der Waals surface area contributed by atoms with Gasteiger partial charge in [0.2, 0.25) is 5.91 Å². The largest absolute Gasteiger partial charge is 0.355 e. The smallest absolute Gasteiger partial charge is 0.226 e. The molecule has 3 aromatic rings. The molecule has 112 valence electrons. The lowest BCUT2D eigenvalue weighted by molar-refractivity contribution is -0.120. The highest BCUT2D eigenvalue weighted by molar-refractivity contribution is 5.87. The Morgan fingerprint density at radius 2 is 2.05 bits per heavy atom. The first-order valence-electron chi connectivity index (χ1n) is 7.00. The molecular weight excluding hydrogens is 283 g/mol. The van der Waals surface area contributed by atoms with Gasteiger partial charge in [0.25, 0.3) is 0 Å². The lowest BCUT2D eigenvalue weighted by Crippen LogP contribution is -2.27. The van der Waals surface area contributed by atoms with E-state index in [1.807, 2.05) is 12.1 Å². The molecule has 6 heteroatoms. The zero-order chi connectivity index (χ0) is 15.4. The van der Waals surface area contributed by atoms with E-state index in [2.05, 4.69) is 20.5 Å². The highest BCUT2D eigenvalue weighted by atomic mass is 19.1. The molecule has 0 bridgehead atoms. The van der Waals surface area contributed by atoms with Crippen molar-refractivity contribution in [2.75, 3.05) is 6.54 Å². The number of H-pyrrole nitrogens is 1. The van der Waals surface area contributed by atoms with Crippen molar-refractivity contribution in [2.45, 2.75) is 12.8 Å². The topological polar surface area (TPSA) is 70.7 Å². The Labute approximate surface area is 126 Å². The van der Waals surface area contributed by atoms with Crippen LogP contribution in [-0.4, -0.2) is 27.6 Å². The fourth-order valence-electron chi connectivity index (χ4n) is 2.29. The normalized spacial score (nSPS) is 10.8. The fourth-order valence-corrected chi connectivity index (χ4v) is 2.29. The molecule has 0 radical (unpaired) electrons. The maximum Gasteiger partial charge on any atom is 0.226 e. The minimum Gasteiger partial charge on any atom is -0.355 e. The number of carbonyl (C=O) groups excluding carboxylic acids is 1. The number of aromatic nitrogens is 3. The van der Waals surface area contributed by atoms with Crippen molar-refractivity contribution in [2.24, 2.45) is 0 Å². The summed E-state index contributed by atoms with van der Waals surface area (Å²) in [5.74, 6) is -0.461. The first-order chi connectivity index (χ1) is 10.7. The molecule has 0 aliphatic heterocycles. The van der Waals surface area contributed by atoms with Crippen LogP contribution in [0.25, 0.3) is 10.9 Å². The van der Waals surface area contributed by atoms with Crippen LogP contribution in [0.3, 0.4) is 0 Å². The van der Waals surface area contributed by atoms with Crippen LogP contribution in [0, 0.1) is 5.82 Å². The van der Waals surface area contributed by atoms with E-state index < -0.39 is 0 Å². The molecule has 0 saturated heterocycles. The molecular formula is C16H15FN4O. The van der Waals surface area contributed by atoms with Gasteiger partial charge in [-0.25, -0.2) is 4.39 Å². The highest BCUT2D eigenvalue weighted by Gasteiger charge is 2.10. The SMILES string of the molecule is O=C(Cc1[nH]nc2ccc(F)cc12)NCCc1ccncc1. The van der Waals surface area contributed by atoms with E-state index in [-0.39, 0.29) is 18.1 Å². The van der Waals surface area contributed by atoms with Crippen LogP contribution in [0.5, 0.6) is 0 Å². The molecule has 5 nitrogen and oxygen atoms in total. The van der Waals surface area contributed by atoms with Crippen LogP contribution < -0.4 is 5.32 Å². The van der Waals surface area contributed by atoms with Crippen LogP contribution in [-0.2, 0) is 17.6 Å². The molecule has 2 heterocycles. The average molecular weight is 298 g/mol. The van der Waals surface area contributed by atoms with Crippen LogP contribution >= 0.6 is 0 Å². The van der Waals surface area contributed by atoms with E-state index in [0.29, 0.717) is 23.1 Å². The number of nitrogens with zero attached hydrogens (tertiary/aromatic N) is 2. The van der Waals surface area contributed by atoms with Crippen molar-refractivity contribution in [3.05, 3.63) is 59.8 Å². The Morgan fingerprint density at radius 3 is 2.86 bits per heavy atom. The van der Waals surface area contributed by atoms with Crippen molar-refractivity contribution in [1.82, 2.24) is 20.5 Å². The van der Waals surface area contributed by atoms with E-state index in [4.69, 9.17) is 0 Å². The third-order valence-corrected chi connectivity index (χ3v) is 3.42. The van der Waals surface area contributed by atoms with E-state index >= 15 is 0 Å². The molecule has 0 aliphatic rings. The van der Waals surface area contributed by atoms with E-state index in [1.54, 1.807) is 18.5 Å². The number of aromatic amines is 1. The molecule has 0 spiro atoms. The molecule has 0 aliphatic carbocycles. The summed E-state index contributed by atoms with van der Waals surface area (Å²) in [5, 5.41) is 10.3. The molecule has 22 heavy (non-hydrogen) atoms. The van der Waals surface area contributed by atoms with Crippen molar-refractivity contribution >= 4 is 16.8 Å². The number of amides is 1. The van der Waals surface area contributed by atoms with Gasteiger partial charge >= 0.3 is 0 Å². The molecule has 0 atom stereocenters. The number of rotatable bonds is 5. The predicted molar refractivity (Wildman–Crippen MR) is 80.7 cm³/mol. The monoisotopic (exact) mass is 298 g/mol. The first kappa shape index (κ1) is 14.2. The summed E-state index contributed by atoms with van der Waals surface area (Å²) in [7, 11) is 0. The van der Waals surface area contributed by atoms with Gasteiger partial charge in [-0.05, 0) is 42.3 Å². The van der Waals surface area contributed by atoms with Crippen LogP contribution in [0.1, 0.15) is 11.3 Å². The van der Waals surface area contributed by atoms with Crippen molar-refractivity contribution < 1.29 is 9.18 Å². The predicted octanol–water partition coefficient (Wildman–Crippen LogP) is 2.00. The molecule has 1 amide bonds. The maximum absolute atomic E-state index is 13.3. The van der Waals surface area contributed by atoms with Gasteiger partial charge in [-0.15, -0.1) is 0 Å². The Balaban J connectivity index is 1.58. The van der Waals surface area contributed by atoms with Crippen LogP contribution in [0.2, 0.25) is 0 Å². The zero-order valence-electron chi connectivity index (χ0n) is 11.8. The van der Waals surface area contributed by atoms with Gasteiger partial charge < -0.3 is 5.32 Å². The van der Waals surface area contributed by atoms with Crippen molar-refractivity contribution in [1.29, 1.82) is 0 Å². The van der Waals surface area contributed by atoms with E-state index in [1.165, 1.54) is 12.1 Å². The second-order valence-corrected chi connectivity index (χ2v) is 5.00. The number of benzene rings is 1. The zero-order valence-corrected chi connectivity index (χ0v) is 11.8. The van der Waals surface area contributed by atoms with Crippen LogP contribution in [0.15, 0.2) is 42.7 Å². The summed E-state index contributed by atoms with van der Waals surface area (Å²) < 4.78 is 13.3. The second-order valence-electron chi connectivity index (χ2n) is 5.00. The summed E-state index contributed by atoms with van der Waals surface area (Å²) in [5.41, 5.74) is 2.39. The minimum atomic E-state index is -0.340. The number of hydrogen-bond donors (Lipinski definition) is 2. The quantitative estimate of drug-likeness (QED) is 0.757. The lowest BCUT2D eigenvalue weighted by Gasteiger charge is -2.04. The minimum absolute atomic E-state index is 0.121. The van der Waals surface area contributed by atoms with Gasteiger partial charge in [0.15, 0.2) is 0 Å². The molecule has 1 aromatic carbocycles. The third-order valence-electron chi connectivity index (χ3n) is 3.42. The Hall–Kier alpha value is -2.76. The Morgan fingerprint density at radius 1 is 1.23 bits per heavy atom. The summed E-state index contributed by atoms with van der Waals surface area (Å²) in [6.07, 6.45) is 4.34. The number of pyridine rings is 1. The maximum atomic E-state index is 13.3. The average Bonchev–Trinajstić information content (AvgIpc) is 2.90. The third kappa shape index (κ3) is 3.28. The van der Waals surface area contributed by atoms with Gasteiger partial charge in [0.05, 0.1) is 17.6 Å². The highest BCUT2D eigenvalue weighted by Crippen LogP contribution is 2.17. The molecule has 0 unspecified atom stereocenters. The molecule has 3 rings (SSSR count). The summed E-state index contributed by atoms with van der Waals surface area (Å²) in [4.78, 5) is 15.9. The molecule has 0 saturated carbocycles. The van der Waals surface area contributed by atoms with E-state index in [9.17, 15) is 9.18 Å². The lowest BCUT2D eigenvalue weighted by atomic mass is 10.1. The standard InChI is InChI=1S/C16H15FN4O/c17-12-1-2-14-13(9-12)15(21-20-14)10-16(22)19-8-5-11-3-6-18-7-4-11/h1-4,6-7,9H,5,8,10H2,(H,19,22)(H,20,21). The summed E-state index contributed by atoms with van der Waals surface area (Å²) in [6.45, 7) is 0.545. The van der Waals surface area contributed by atoms with Gasteiger partial charge in [-0.1, -0.05) is 0 Å². The number of nitrogens with one attached hydrogen (secondary N) is 2. The Bertz CT molecular complexity index is 785. The first-order valence-corrected chi connectivity index (χ1v) is 7.00. The molecule has 0 fully saturated rings. The number of fused-ring (bicyclic) bond motifs is 1. The fraction of sp³-hybridized carbons (Fsp3) is 0.188. The van der Waals surface area contributed by atoms with Gasteiger partial charge in [0.1, 0.15) is 5.82 Å².